The lowest BCUT2D eigenvalue weighted by Crippen LogP contribution is -2.40. The molecule has 0 saturated carbocycles. The molecule has 1 aliphatic rings. The van der Waals surface area contributed by atoms with Crippen molar-refractivity contribution in [3.8, 4) is 11.4 Å². The minimum absolute atomic E-state index is 0.0216. The monoisotopic (exact) mass is 403 g/mol. The lowest BCUT2D eigenvalue weighted by atomic mass is 9.97. The van der Waals surface area contributed by atoms with E-state index < -0.39 is 5.91 Å². The number of primary amides is 1. The van der Waals surface area contributed by atoms with E-state index in [1.165, 1.54) is 0 Å². The molecule has 1 aromatic heterocycles. The molecule has 0 bridgehead atoms. The number of para-hydroxylation sites is 1. The average Bonchev–Trinajstić information content (AvgIpc) is 3.29. The molecule has 1 unspecified atom stereocenters. The number of benzene rings is 2. The topological polar surface area (TPSA) is 77.6 Å². The van der Waals surface area contributed by atoms with Gasteiger partial charge in [0.15, 0.2) is 0 Å². The van der Waals surface area contributed by atoms with Gasteiger partial charge in [-0.1, -0.05) is 30.3 Å². The summed E-state index contributed by atoms with van der Waals surface area (Å²) in [4.78, 5) is 26.5. The molecule has 4 rings (SSSR count). The second-order valence-corrected chi connectivity index (χ2v) is 7.43. The van der Waals surface area contributed by atoms with E-state index in [0.717, 1.165) is 22.6 Å². The van der Waals surface area contributed by atoms with Crippen molar-refractivity contribution in [1.82, 2.24) is 9.47 Å². The number of nitrogens with two attached hydrogens (primary N) is 1. The molecule has 2 amide bonds. The Kier molecular flexibility index (Phi) is 5.84. The largest absolute Gasteiger partial charge is 0.493 e. The van der Waals surface area contributed by atoms with Crippen molar-refractivity contribution in [1.29, 1.82) is 0 Å². The van der Waals surface area contributed by atoms with Crippen LogP contribution in [0.5, 0.6) is 5.75 Å². The summed E-state index contributed by atoms with van der Waals surface area (Å²) in [5.41, 5.74) is 8.33. The quantitative estimate of drug-likeness (QED) is 0.658. The highest BCUT2D eigenvalue weighted by atomic mass is 16.5. The Balaban J connectivity index is 1.54. The Morgan fingerprint density at radius 3 is 2.50 bits per heavy atom. The zero-order valence-electron chi connectivity index (χ0n) is 16.7. The third-order valence-corrected chi connectivity index (χ3v) is 5.42. The van der Waals surface area contributed by atoms with E-state index in [1.54, 1.807) is 4.90 Å². The van der Waals surface area contributed by atoms with Crippen molar-refractivity contribution >= 4 is 11.8 Å². The molecule has 0 spiro atoms. The van der Waals surface area contributed by atoms with Crippen molar-refractivity contribution in [2.75, 3.05) is 13.2 Å². The molecule has 30 heavy (non-hydrogen) atoms. The average molecular weight is 403 g/mol. The maximum absolute atomic E-state index is 13.3. The number of rotatable bonds is 7. The van der Waals surface area contributed by atoms with Crippen LogP contribution in [-0.4, -0.2) is 34.4 Å². The van der Waals surface area contributed by atoms with Crippen LogP contribution in [0.1, 0.15) is 30.0 Å². The van der Waals surface area contributed by atoms with E-state index in [2.05, 4.69) is 0 Å². The third kappa shape index (κ3) is 4.38. The molecule has 0 saturated heterocycles. The maximum atomic E-state index is 13.3. The molecular weight excluding hydrogens is 378 g/mol. The molecule has 2 heterocycles. The second-order valence-electron chi connectivity index (χ2n) is 7.43. The summed E-state index contributed by atoms with van der Waals surface area (Å²) in [6, 6.07) is 19.5. The Morgan fingerprint density at radius 1 is 1.03 bits per heavy atom. The van der Waals surface area contributed by atoms with E-state index in [9.17, 15) is 9.59 Å². The van der Waals surface area contributed by atoms with Crippen LogP contribution in [-0.2, 0) is 16.0 Å². The third-order valence-electron chi connectivity index (χ3n) is 5.42. The number of carbonyl (C=O) groups is 2. The first-order chi connectivity index (χ1) is 14.6. The number of hydrogen-bond donors (Lipinski definition) is 1. The fraction of sp³-hybridized carbons (Fsp3) is 0.250. The van der Waals surface area contributed by atoms with Crippen LogP contribution in [0.15, 0.2) is 73.1 Å². The molecular formula is C24H25N3O3. The number of fused-ring (bicyclic) bond motifs is 1. The van der Waals surface area contributed by atoms with Gasteiger partial charge in [0.25, 0.3) is 0 Å². The van der Waals surface area contributed by atoms with E-state index in [-0.39, 0.29) is 24.8 Å². The number of carbonyl (C=O) groups excluding carboxylic acids is 2. The van der Waals surface area contributed by atoms with Gasteiger partial charge in [0.1, 0.15) is 5.75 Å². The van der Waals surface area contributed by atoms with Crippen LogP contribution in [0, 0.1) is 0 Å². The van der Waals surface area contributed by atoms with Gasteiger partial charge in [-0.05, 0) is 35.9 Å². The van der Waals surface area contributed by atoms with Gasteiger partial charge in [0, 0.05) is 43.0 Å². The Morgan fingerprint density at radius 2 is 1.77 bits per heavy atom. The lowest BCUT2D eigenvalue weighted by molar-refractivity contribution is -0.134. The van der Waals surface area contributed by atoms with Crippen molar-refractivity contribution in [2.24, 2.45) is 5.73 Å². The Hall–Kier alpha value is -3.54. The van der Waals surface area contributed by atoms with Gasteiger partial charge in [-0.2, -0.15) is 0 Å². The summed E-state index contributed by atoms with van der Waals surface area (Å²) in [6.07, 6.45) is 5.05. The van der Waals surface area contributed by atoms with Gasteiger partial charge in [-0.3, -0.25) is 9.59 Å². The SMILES string of the molecule is NC(=O)CCN(C(=O)Cc1ccc(-n2cccc2)cc1)C1CCOc2ccccc21. The van der Waals surface area contributed by atoms with Crippen molar-refractivity contribution in [3.05, 3.63) is 84.2 Å². The zero-order valence-corrected chi connectivity index (χ0v) is 16.7. The molecule has 2 aromatic carbocycles. The summed E-state index contributed by atoms with van der Waals surface area (Å²) >= 11 is 0. The summed E-state index contributed by atoms with van der Waals surface area (Å²) in [6.45, 7) is 0.836. The van der Waals surface area contributed by atoms with Crippen LogP contribution in [0.4, 0.5) is 0 Å². The van der Waals surface area contributed by atoms with E-state index >= 15 is 0 Å². The van der Waals surface area contributed by atoms with E-state index in [1.807, 2.05) is 77.6 Å². The molecule has 1 atom stereocenters. The molecule has 6 nitrogen and oxygen atoms in total. The molecule has 6 heteroatoms. The van der Waals surface area contributed by atoms with Gasteiger partial charge < -0.3 is 19.9 Å². The first kappa shape index (κ1) is 19.8. The highest BCUT2D eigenvalue weighted by molar-refractivity contribution is 5.81. The fourth-order valence-electron chi connectivity index (χ4n) is 3.90. The van der Waals surface area contributed by atoms with Gasteiger partial charge in [0.2, 0.25) is 11.8 Å². The predicted molar refractivity (Wildman–Crippen MR) is 114 cm³/mol. The van der Waals surface area contributed by atoms with Crippen molar-refractivity contribution in [2.45, 2.75) is 25.3 Å². The van der Waals surface area contributed by atoms with Crippen LogP contribution in [0.2, 0.25) is 0 Å². The van der Waals surface area contributed by atoms with Crippen LogP contribution < -0.4 is 10.5 Å². The fourth-order valence-corrected chi connectivity index (χ4v) is 3.90. The summed E-state index contributed by atoms with van der Waals surface area (Å²) in [5.74, 6) is 0.359. The first-order valence-electron chi connectivity index (χ1n) is 10.1. The number of nitrogens with zero attached hydrogens (tertiary/aromatic N) is 2. The molecule has 0 radical (unpaired) electrons. The zero-order chi connectivity index (χ0) is 20.9. The van der Waals surface area contributed by atoms with E-state index in [4.69, 9.17) is 10.5 Å². The summed E-state index contributed by atoms with van der Waals surface area (Å²) in [7, 11) is 0. The first-order valence-corrected chi connectivity index (χ1v) is 10.1. The van der Waals surface area contributed by atoms with Crippen molar-refractivity contribution in [3.63, 3.8) is 0 Å². The standard InChI is InChI=1S/C24H25N3O3/c25-23(28)11-15-27(21-12-16-30-22-6-2-1-5-20(21)22)24(29)17-18-7-9-19(10-8-18)26-13-3-4-14-26/h1-10,13-14,21H,11-12,15-17H2,(H2,25,28). The Labute approximate surface area is 175 Å². The molecule has 3 aromatic rings. The molecule has 2 N–H and O–H groups in total. The van der Waals surface area contributed by atoms with Gasteiger partial charge in [0.05, 0.1) is 19.1 Å². The van der Waals surface area contributed by atoms with Crippen LogP contribution in [0.3, 0.4) is 0 Å². The van der Waals surface area contributed by atoms with Gasteiger partial charge >= 0.3 is 0 Å². The van der Waals surface area contributed by atoms with Gasteiger partial charge in [-0.15, -0.1) is 0 Å². The van der Waals surface area contributed by atoms with Crippen LogP contribution in [0.25, 0.3) is 5.69 Å². The van der Waals surface area contributed by atoms with Crippen molar-refractivity contribution < 1.29 is 14.3 Å². The Bertz CT molecular complexity index is 1010. The predicted octanol–water partition coefficient (Wildman–Crippen LogP) is 3.25. The number of aromatic nitrogens is 1. The lowest BCUT2D eigenvalue weighted by Gasteiger charge is -2.35. The molecule has 0 fully saturated rings. The normalized spacial score (nSPS) is 15.1. The maximum Gasteiger partial charge on any atom is 0.227 e. The number of ether oxygens (including phenoxy) is 1. The van der Waals surface area contributed by atoms with E-state index in [0.29, 0.717) is 19.6 Å². The van der Waals surface area contributed by atoms with Gasteiger partial charge in [-0.25, -0.2) is 0 Å². The molecule has 1 aliphatic heterocycles. The molecule has 0 aliphatic carbocycles. The highest BCUT2D eigenvalue weighted by Gasteiger charge is 2.30. The minimum Gasteiger partial charge on any atom is -0.493 e. The second kappa shape index (κ2) is 8.86. The number of hydrogen-bond acceptors (Lipinski definition) is 3. The summed E-state index contributed by atoms with van der Waals surface area (Å²) < 4.78 is 7.76. The number of amides is 2. The summed E-state index contributed by atoms with van der Waals surface area (Å²) in [5, 5.41) is 0. The van der Waals surface area contributed by atoms with Crippen LogP contribution >= 0.6 is 0 Å². The minimum atomic E-state index is -0.413. The molecule has 154 valence electrons. The highest BCUT2D eigenvalue weighted by Crippen LogP contribution is 2.36. The smallest absolute Gasteiger partial charge is 0.227 e.